The van der Waals surface area contributed by atoms with Crippen LogP contribution >= 0.6 is 0 Å². The Hall–Kier alpha value is -2.04. The minimum atomic E-state index is -0.456. The van der Waals surface area contributed by atoms with Crippen LogP contribution in [0.2, 0.25) is 0 Å². The number of rotatable bonds is 4. The topological polar surface area (TPSA) is 87.7 Å². The molecular formula is C13H19N3O2. The van der Waals surface area contributed by atoms with Crippen LogP contribution in [0.25, 0.3) is 0 Å². The smallest absolute Gasteiger partial charge is 0.252 e. The number of hydrogen-bond donors (Lipinski definition) is 3. The first-order chi connectivity index (χ1) is 8.49. The summed E-state index contributed by atoms with van der Waals surface area (Å²) in [5.41, 5.74) is 8.03. The number of nitrogens with zero attached hydrogens (tertiary/aromatic N) is 1. The number of benzene rings is 1. The number of carbonyl (C=O) groups excluding carboxylic acids is 1. The van der Waals surface area contributed by atoms with Gasteiger partial charge in [0, 0.05) is 5.56 Å². The van der Waals surface area contributed by atoms with E-state index in [1.807, 2.05) is 39.0 Å². The molecule has 0 aromatic heterocycles. The summed E-state index contributed by atoms with van der Waals surface area (Å²) in [6, 6.07) is 5.22. The van der Waals surface area contributed by atoms with Crippen molar-refractivity contribution in [3.63, 3.8) is 0 Å². The van der Waals surface area contributed by atoms with E-state index in [1.54, 1.807) is 0 Å². The Morgan fingerprint density at radius 3 is 2.72 bits per heavy atom. The number of hydrogen-bond acceptors (Lipinski definition) is 3. The van der Waals surface area contributed by atoms with Gasteiger partial charge < -0.3 is 16.3 Å². The maximum atomic E-state index is 12.1. The molecule has 0 saturated heterocycles. The highest BCUT2D eigenvalue weighted by atomic mass is 16.4. The van der Waals surface area contributed by atoms with Crippen molar-refractivity contribution in [3.05, 3.63) is 34.9 Å². The predicted octanol–water partition coefficient (Wildman–Crippen LogP) is 1.56. The van der Waals surface area contributed by atoms with Crippen LogP contribution in [-0.2, 0) is 0 Å². The molecule has 18 heavy (non-hydrogen) atoms. The maximum absolute atomic E-state index is 12.1. The summed E-state index contributed by atoms with van der Waals surface area (Å²) in [7, 11) is 0. The zero-order valence-corrected chi connectivity index (χ0v) is 10.9. The molecule has 0 fully saturated rings. The first kappa shape index (κ1) is 14.0. The number of nitrogens with one attached hydrogen (secondary N) is 1. The van der Waals surface area contributed by atoms with E-state index in [4.69, 9.17) is 10.9 Å². The van der Waals surface area contributed by atoms with Crippen LogP contribution in [0.15, 0.2) is 23.4 Å². The van der Waals surface area contributed by atoms with E-state index in [-0.39, 0.29) is 11.7 Å². The lowest BCUT2D eigenvalue weighted by molar-refractivity contribution is 0.0945. The third-order valence-electron chi connectivity index (χ3n) is 2.82. The summed E-state index contributed by atoms with van der Waals surface area (Å²) in [6.07, 6.45) is 0.562. The lowest BCUT2D eigenvalue weighted by Crippen LogP contribution is -2.44. The van der Waals surface area contributed by atoms with Crippen molar-refractivity contribution in [1.29, 1.82) is 0 Å². The first-order valence-corrected chi connectivity index (χ1v) is 5.85. The molecule has 0 radical (unpaired) electrons. The largest absolute Gasteiger partial charge is 0.409 e. The Kier molecular flexibility index (Phi) is 4.71. The molecule has 98 valence electrons. The number of amides is 1. The summed E-state index contributed by atoms with van der Waals surface area (Å²) < 4.78 is 0. The van der Waals surface area contributed by atoms with Gasteiger partial charge in [0.1, 0.15) is 0 Å². The highest BCUT2D eigenvalue weighted by Gasteiger charge is 2.17. The second-order valence-electron chi connectivity index (χ2n) is 4.28. The van der Waals surface area contributed by atoms with Gasteiger partial charge in [0.25, 0.3) is 5.91 Å². The summed E-state index contributed by atoms with van der Waals surface area (Å²) in [5.74, 6) is -0.203. The maximum Gasteiger partial charge on any atom is 0.252 e. The molecule has 5 nitrogen and oxygen atoms in total. The third-order valence-corrected chi connectivity index (χ3v) is 2.82. The Balaban J connectivity index is 2.91. The van der Waals surface area contributed by atoms with Gasteiger partial charge in [-0.15, -0.1) is 0 Å². The predicted molar refractivity (Wildman–Crippen MR) is 70.9 cm³/mol. The zero-order chi connectivity index (χ0) is 13.7. The van der Waals surface area contributed by atoms with Crippen LogP contribution in [0.3, 0.4) is 0 Å². The molecule has 1 unspecified atom stereocenters. The Morgan fingerprint density at radius 2 is 2.17 bits per heavy atom. The zero-order valence-electron chi connectivity index (χ0n) is 10.9. The van der Waals surface area contributed by atoms with Crippen LogP contribution in [0.1, 0.15) is 34.8 Å². The molecule has 4 N–H and O–H groups in total. The van der Waals surface area contributed by atoms with E-state index in [0.717, 1.165) is 11.1 Å². The van der Waals surface area contributed by atoms with Crippen molar-refractivity contribution >= 4 is 11.7 Å². The van der Waals surface area contributed by atoms with Gasteiger partial charge >= 0.3 is 0 Å². The van der Waals surface area contributed by atoms with Gasteiger partial charge in [-0.3, -0.25) is 4.79 Å². The van der Waals surface area contributed by atoms with E-state index in [0.29, 0.717) is 12.0 Å². The monoisotopic (exact) mass is 249 g/mol. The Labute approximate surface area is 107 Å². The summed E-state index contributed by atoms with van der Waals surface area (Å²) >= 11 is 0. The molecule has 0 aliphatic carbocycles. The normalized spacial score (nSPS) is 13.2. The van der Waals surface area contributed by atoms with Crippen LogP contribution < -0.4 is 11.1 Å². The molecule has 0 heterocycles. The van der Waals surface area contributed by atoms with E-state index >= 15 is 0 Å². The molecule has 1 aromatic carbocycles. The number of carbonyl (C=O) groups is 1. The van der Waals surface area contributed by atoms with Crippen molar-refractivity contribution in [1.82, 2.24) is 5.32 Å². The van der Waals surface area contributed by atoms with Crippen LogP contribution in [0.5, 0.6) is 0 Å². The van der Waals surface area contributed by atoms with Crippen molar-refractivity contribution < 1.29 is 10.0 Å². The van der Waals surface area contributed by atoms with Crippen molar-refractivity contribution in [2.24, 2.45) is 10.9 Å². The number of aryl methyl sites for hydroxylation is 2. The van der Waals surface area contributed by atoms with Gasteiger partial charge in [-0.1, -0.05) is 29.8 Å². The lowest BCUT2D eigenvalue weighted by atomic mass is 10.0. The minimum absolute atomic E-state index is 0.0103. The van der Waals surface area contributed by atoms with Gasteiger partial charge in [0.05, 0.1) is 6.04 Å². The molecule has 0 bridgehead atoms. The number of nitrogens with two attached hydrogens (primary N) is 1. The summed E-state index contributed by atoms with van der Waals surface area (Å²) in [4.78, 5) is 12.1. The van der Waals surface area contributed by atoms with Gasteiger partial charge in [-0.05, 0) is 31.9 Å². The fourth-order valence-electron chi connectivity index (χ4n) is 1.67. The van der Waals surface area contributed by atoms with Crippen LogP contribution in [0.4, 0.5) is 0 Å². The molecule has 0 spiro atoms. The SMILES string of the molecule is CCC(NC(=O)c1cc(C)ccc1C)/C(N)=N/O. The highest BCUT2D eigenvalue weighted by molar-refractivity contribution is 5.99. The van der Waals surface area contributed by atoms with Crippen molar-refractivity contribution in [2.75, 3.05) is 0 Å². The quantitative estimate of drug-likeness (QED) is 0.327. The lowest BCUT2D eigenvalue weighted by Gasteiger charge is -2.16. The van der Waals surface area contributed by atoms with Crippen LogP contribution in [0, 0.1) is 13.8 Å². The first-order valence-electron chi connectivity index (χ1n) is 5.85. The van der Waals surface area contributed by atoms with Gasteiger partial charge in [0.15, 0.2) is 5.84 Å². The number of oxime groups is 1. The van der Waals surface area contributed by atoms with Crippen molar-refractivity contribution in [3.8, 4) is 0 Å². The van der Waals surface area contributed by atoms with Gasteiger partial charge in [-0.25, -0.2) is 0 Å². The summed E-state index contributed by atoms with van der Waals surface area (Å²) in [6.45, 7) is 5.65. The van der Waals surface area contributed by atoms with E-state index in [2.05, 4.69) is 10.5 Å². The second kappa shape index (κ2) is 6.05. The Bertz CT molecular complexity index is 469. The average molecular weight is 249 g/mol. The van der Waals surface area contributed by atoms with Crippen molar-refractivity contribution in [2.45, 2.75) is 33.2 Å². The molecule has 1 aromatic rings. The summed E-state index contributed by atoms with van der Waals surface area (Å²) in [5, 5.41) is 14.3. The molecule has 1 amide bonds. The van der Waals surface area contributed by atoms with Gasteiger partial charge in [0.2, 0.25) is 0 Å². The fourth-order valence-corrected chi connectivity index (χ4v) is 1.67. The molecule has 1 atom stereocenters. The number of amidine groups is 1. The third kappa shape index (κ3) is 3.23. The van der Waals surface area contributed by atoms with Gasteiger partial charge in [-0.2, -0.15) is 0 Å². The minimum Gasteiger partial charge on any atom is -0.409 e. The average Bonchev–Trinajstić information content (AvgIpc) is 2.37. The second-order valence-corrected chi connectivity index (χ2v) is 4.28. The standard InChI is InChI=1S/C13H19N3O2/c1-4-11(12(14)16-18)15-13(17)10-7-8(2)5-6-9(10)3/h5-7,11,18H,4H2,1-3H3,(H2,14,16)(H,15,17). The molecule has 0 aliphatic rings. The molecule has 1 rings (SSSR count). The molecule has 0 saturated carbocycles. The van der Waals surface area contributed by atoms with E-state index in [1.165, 1.54) is 0 Å². The van der Waals surface area contributed by atoms with E-state index in [9.17, 15) is 4.79 Å². The molecule has 0 aliphatic heterocycles. The van der Waals surface area contributed by atoms with E-state index < -0.39 is 6.04 Å². The van der Waals surface area contributed by atoms with Crippen LogP contribution in [-0.4, -0.2) is 23.0 Å². The molecule has 5 heteroatoms. The Morgan fingerprint density at radius 1 is 1.50 bits per heavy atom. The molecular weight excluding hydrogens is 230 g/mol. The highest BCUT2D eigenvalue weighted by Crippen LogP contribution is 2.11. The fraction of sp³-hybridized carbons (Fsp3) is 0.385.